The third-order valence-corrected chi connectivity index (χ3v) is 2.10. The molecule has 0 spiro atoms. The zero-order chi connectivity index (χ0) is 12.8. The van der Waals surface area contributed by atoms with Crippen LogP contribution in [0.25, 0.3) is 0 Å². The van der Waals surface area contributed by atoms with E-state index in [9.17, 15) is 0 Å². The number of nitrogens with zero attached hydrogens (tertiary/aromatic N) is 3. The van der Waals surface area contributed by atoms with Crippen LogP contribution in [0.4, 0.5) is 0 Å². The van der Waals surface area contributed by atoms with Crippen LogP contribution < -0.4 is 11.2 Å². The van der Waals surface area contributed by atoms with E-state index in [1.165, 1.54) is 6.21 Å². The monoisotopic (exact) mass is 277 g/mol. The number of guanidine groups is 1. The van der Waals surface area contributed by atoms with E-state index in [2.05, 4.69) is 10.2 Å². The first-order chi connectivity index (χ1) is 7.99. The quantitative estimate of drug-likeness (QED) is 0.378. The van der Waals surface area contributed by atoms with Crippen LogP contribution in [-0.4, -0.2) is 27.9 Å². The summed E-state index contributed by atoms with van der Waals surface area (Å²) in [5, 5.41) is 24.3. The molecule has 9 heteroatoms. The van der Waals surface area contributed by atoms with Crippen LogP contribution in [0.1, 0.15) is 5.56 Å². The minimum atomic E-state index is -0.344. The molecule has 0 aromatic heterocycles. The number of hydrogen-bond acceptors (Lipinski definition) is 5. The summed E-state index contributed by atoms with van der Waals surface area (Å²) in [5.74, 6) is -0.309. The highest BCUT2D eigenvalue weighted by molar-refractivity contribution is 6.36. The minimum absolute atomic E-state index is 0.309. The summed E-state index contributed by atoms with van der Waals surface area (Å²) in [7, 11) is 0. The molecule has 7 nitrogen and oxygen atoms in total. The number of nitrogens with two attached hydrogens (primary N) is 1. The van der Waals surface area contributed by atoms with E-state index in [-0.39, 0.29) is 11.3 Å². The topological polar surface area (TPSA) is 106 Å². The number of hydrogen-bond donors (Lipinski definition) is 4. The fraction of sp³-hybridized carbons (Fsp3) is 0. The second kappa shape index (κ2) is 6.38. The molecule has 0 atom stereocenters. The van der Waals surface area contributed by atoms with Crippen LogP contribution in [-0.2, 0) is 0 Å². The number of nitrogens with one attached hydrogen (secondary N) is 1. The lowest BCUT2D eigenvalue weighted by atomic mass is 10.2. The van der Waals surface area contributed by atoms with Crippen molar-refractivity contribution in [3.05, 3.63) is 33.8 Å². The zero-order valence-electron chi connectivity index (χ0n) is 8.38. The molecule has 0 fully saturated rings. The number of hydrazine groups is 1. The first kappa shape index (κ1) is 13.7. The highest BCUT2D eigenvalue weighted by atomic mass is 35.5. The van der Waals surface area contributed by atoms with Crippen LogP contribution in [0.5, 0.6) is 0 Å². The summed E-state index contributed by atoms with van der Waals surface area (Å²) in [6.45, 7) is 0. The Bertz CT molecular complexity index is 450. The molecule has 0 saturated carbocycles. The van der Waals surface area contributed by atoms with Gasteiger partial charge in [0.05, 0.1) is 11.2 Å². The van der Waals surface area contributed by atoms with E-state index in [0.29, 0.717) is 15.6 Å². The molecule has 1 aromatic carbocycles. The van der Waals surface area contributed by atoms with Gasteiger partial charge in [0, 0.05) is 15.9 Å². The van der Waals surface area contributed by atoms with Crippen LogP contribution in [0.2, 0.25) is 10.0 Å². The van der Waals surface area contributed by atoms with Crippen molar-refractivity contribution in [2.75, 3.05) is 0 Å². The maximum absolute atomic E-state index is 8.34. The lowest BCUT2D eigenvalue weighted by Gasteiger charge is -2.05. The molecule has 0 amide bonds. The van der Waals surface area contributed by atoms with Crippen molar-refractivity contribution in [2.45, 2.75) is 0 Å². The summed E-state index contributed by atoms with van der Waals surface area (Å²) in [6, 6.07) is 4.85. The van der Waals surface area contributed by atoms with Gasteiger partial charge in [0.25, 0.3) is 0 Å². The molecule has 0 unspecified atom stereocenters. The van der Waals surface area contributed by atoms with Crippen molar-refractivity contribution >= 4 is 35.4 Å². The van der Waals surface area contributed by atoms with Crippen molar-refractivity contribution in [3.63, 3.8) is 0 Å². The molecule has 0 aliphatic carbocycles. The molecule has 0 saturated heterocycles. The van der Waals surface area contributed by atoms with Gasteiger partial charge < -0.3 is 5.73 Å². The van der Waals surface area contributed by atoms with Gasteiger partial charge in [-0.3, -0.25) is 10.4 Å². The maximum atomic E-state index is 8.34. The van der Waals surface area contributed by atoms with Crippen molar-refractivity contribution in [1.29, 1.82) is 0 Å². The lowest BCUT2D eigenvalue weighted by Crippen LogP contribution is -2.41. The third kappa shape index (κ3) is 4.98. The molecule has 17 heavy (non-hydrogen) atoms. The Morgan fingerprint density at radius 3 is 2.71 bits per heavy atom. The molecule has 0 bridgehead atoms. The van der Waals surface area contributed by atoms with Crippen LogP contribution in [0, 0.1) is 0 Å². The van der Waals surface area contributed by atoms with E-state index < -0.39 is 0 Å². The Labute approximate surface area is 107 Å². The Kier molecular flexibility index (Phi) is 5.13. The van der Waals surface area contributed by atoms with Gasteiger partial charge in [-0.05, 0) is 12.1 Å². The summed E-state index contributed by atoms with van der Waals surface area (Å²) in [5.41, 5.74) is 7.66. The first-order valence-corrected chi connectivity index (χ1v) is 5.00. The molecule has 1 rings (SSSR count). The highest BCUT2D eigenvalue weighted by Gasteiger charge is 1.98. The first-order valence-electron chi connectivity index (χ1n) is 4.25. The van der Waals surface area contributed by atoms with Gasteiger partial charge >= 0.3 is 0 Å². The largest absolute Gasteiger partial charge is 0.367 e. The van der Waals surface area contributed by atoms with E-state index in [4.69, 9.17) is 39.4 Å². The lowest BCUT2D eigenvalue weighted by molar-refractivity contribution is -0.329. The molecular formula is C8H9Cl2N5O2. The number of benzene rings is 1. The Morgan fingerprint density at radius 1 is 1.41 bits per heavy atom. The smallest absolute Gasteiger partial charge is 0.232 e. The predicted octanol–water partition coefficient (Wildman–Crippen LogP) is 1.23. The van der Waals surface area contributed by atoms with Gasteiger partial charge in [-0.25, -0.2) is 5.43 Å². The van der Waals surface area contributed by atoms with E-state index >= 15 is 0 Å². The normalized spacial score (nSPS) is 12.4. The van der Waals surface area contributed by atoms with Gasteiger partial charge in [-0.2, -0.15) is 5.10 Å². The van der Waals surface area contributed by atoms with Crippen LogP contribution in [0.15, 0.2) is 28.4 Å². The molecule has 0 aliphatic heterocycles. The van der Waals surface area contributed by atoms with Gasteiger partial charge in [-0.15, -0.1) is 5.10 Å². The average molecular weight is 278 g/mol. The molecule has 1 aromatic rings. The summed E-state index contributed by atoms with van der Waals surface area (Å²) >= 11 is 11.6. The minimum Gasteiger partial charge on any atom is -0.367 e. The Hall–Kier alpha value is -1.38. The molecule has 5 N–H and O–H groups in total. The Balaban J connectivity index is 2.71. The fourth-order valence-electron chi connectivity index (χ4n) is 0.884. The van der Waals surface area contributed by atoms with E-state index in [1.807, 2.05) is 5.43 Å². The molecule has 0 heterocycles. The average Bonchev–Trinajstić information content (AvgIpc) is 2.20. The molecule has 92 valence electrons. The maximum Gasteiger partial charge on any atom is 0.232 e. The van der Waals surface area contributed by atoms with Crippen molar-refractivity contribution in [1.82, 2.24) is 10.8 Å². The predicted molar refractivity (Wildman–Crippen MR) is 64.2 cm³/mol. The Morgan fingerprint density at radius 2 is 2.12 bits per heavy atom. The van der Waals surface area contributed by atoms with Gasteiger partial charge in [0.15, 0.2) is 0 Å². The second-order valence-electron chi connectivity index (χ2n) is 2.80. The van der Waals surface area contributed by atoms with Gasteiger partial charge in [-0.1, -0.05) is 29.3 Å². The van der Waals surface area contributed by atoms with Gasteiger partial charge in [0.2, 0.25) is 5.96 Å². The van der Waals surface area contributed by atoms with Crippen molar-refractivity contribution < 1.29 is 10.4 Å². The summed E-state index contributed by atoms with van der Waals surface area (Å²) in [4.78, 5) is 0. The molecule has 0 radical (unpaired) electrons. The zero-order valence-corrected chi connectivity index (χ0v) is 9.89. The summed E-state index contributed by atoms with van der Waals surface area (Å²) < 4.78 is 0. The van der Waals surface area contributed by atoms with Crippen LogP contribution in [0.3, 0.4) is 0 Å². The summed E-state index contributed by atoms with van der Waals surface area (Å²) in [6.07, 6.45) is 1.34. The number of halogens is 2. The fourth-order valence-corrected chi connectivity index (χ4v) is 1.34. The van der Waals surface area contributed by atoms with E-state index in [0.717, 1.165) is 0 Å². The van der Waals surface area contributed by atoms with Gasteiger partial charge in [0.1, 0.15) is 0 Å². The second-order valence-corrected chi connectivity index (χ2v) is 3.64. The van der Waals surface area contributed by atoms with E-state index in [1.54, 1.807) is 18.2 Å². The number of rotatable bonds is 3. The standard InChI is InChI=1S/C8H9Cl2N5O2/c9-6-2-1-5(7(10)3-6)4-12-13-8(11)14-15(16)17/h1-4,16-17H,(H3,11,13,14). The highest BCUT2D eigenvalue weighted by Crippen LogP contribution is 2.19. The molecule has 0 aliphatic rings. The third-order valence-electron chi connectivity index (χ3n) is 1.54. The molecular weight excluding hydrogens is 269 g/mol. The van der Waals surface area contributed by atoms with Crippen molar-refractivity contribution in [3.8, 4) is 0 Å². The van der Waals surface area contributed by atoms with Crippen molar-refractivity contribution in [2.24, 2.45) is 15.9 Å². The van der Waals surface area contributed by atoms with Crippen LogP contribution >= 0.6 is 23.2 Å². The SMILES string of the molecule is NC(=NN=Cc1ccc(Cl)cc1Cl)NN(O)O.